The first-order valence-corrected chi connectivity index (χ1v) is 7.11. The van der Waals surface area contributed by atoms with Gasteiger partial charge in [-0.1, -0.05) is 60.7 Å². The highest BCUT2D eigenvalue weighted by Crippen LogP contribution is 2.14. The highest BCUT2D eigenvalue weighted by Gasteiger charge is 2.22. The van der Waals surface area contributed by atoms with Gasteiger partial charge in [0, 0.05) is 0 Å². The number of ether oxygens (including phenoxy) is 1. The minimum Gasteiger partial charge on any atom is -0.481 e. The largest absolute Gasteiger partial charge is 0.481 e. The molecule has 114 valence electrons. The molecule has 2 rings (SSSR count). The van der Waals surface area contributed by atoms with Crippen molar-refractivity contribution in [1.82, 2.24) is 0 Å². The zero-order chi connectivity index (χ0) is 15.8. The Morgan fingerprint density at radius 3 is 2.00 bits per heavy atom. The number of rotatable bonds is 7. The van der Waals surface area contributed by atoms with Crippen LogP contribution in [0.4, 0.5) is 0 Å². The summed E-state index contributed by atoms with van der Waals surface area (Å²) in [7, 11) is 0. The van der Waals surface area contributed by atoms with E-state index in [9.17, 15) is 14.7 Å². The molecule has 0 amide bonds. The molecule has 0 aliphatic heterocycles. The van der Waals surface area contributed by atoms with Gasteiger partial charge in [0.15, 0.2) is 0 Å². The number of carboxylic acid groups (broad SMARTS) is 1. The molecule has 22 heavy (non-hydrogen) atoms. The number of carbonyl (C=O) groups is 2. The van der Waals surface area contributed by atoms with Crippen LogP contribution in [0.25, 0.3) is 0 Å². The van der Waals surface area contributed by atoms with Crippen LogP contribution in [-0.2, 0) is 27.4 Å². The molecule has 0 bridgehead atoms. The minimum atomic E-state index is -0.986. The van der Waals surface area contributed by atoms with E-state index in [1.54, 1.807) is 0 Å². The second-order valence-corrected chi connectivity index (χ2v) is 5.08. The Kier molecular flexibility index (Phi) is 5.72. The van der Waals surface area contributed by atoms with Gasteiger partial charge in [-0.25, -0.2) is 0 Å². The van der Waals surface area contributed by atoms with E-state index in [4.69, 9.17) is 4.74 Å². The van der Waals surface area contributed by atoms with Crippen LogP contribution >= 0.6 is 0 Å². The summed E-state index contributed by atoms with van der Waals surface area (Å²) >= 11 is 0. The van der Waals surface area contributed by atoms with Crippen molar-refractivity contribution in [3.63, 3.8) is 0 Å². The summed E-state index contributed by atoms with van der Waals surface area (Å²) in [6.45, 7) is 0.164. The molecule has 1 atom stereocenters. The van der Waals surface area contributed by atoms with Crippen molar-refractivity contribution in [2.45, 2.75) is 19.4 Å². The third-order valence-electron chi connectivity index (χ3n) is 3.33. The van der Waals surface area contributed by atoms with Gasteiger partial charge in [-0.15, -0.1) is 0 Å². The van der Waals surface area contributed by atoms with Gasteiger partial charge in [-0.3, -0.25) is 9.59 Å². The lowest BCUT2D eigenvalue weighted by atomic mass is 9.96. The number of hydrogen-bond donors (Lipinski definition) is 1. The fourth-order valence-corrected chi connectivity index (χ4v) is 2.14. The lowest BCUT2D eigenvalue weighted by Crippen LogP contribution is -2.21. The molecule has 0 saturated heterocycles. The van der Waals surface area contributed by atoms with E-state index in [1.165, 1.54) is 0 Å². The molecule has 1 N–H and O–H groups in total. The highest BCUT2D eigenvalue weighted by molar-refractivity contribution is 5.79. The molecule has 0 heterocycles. The van der Waals surface area contributed by atoms with E-state index in [0.717, 1.165) is 11.1 Å². The van der Waals surface area contributed by atoms with E-state index < -0.39 is 17.9 Å². The summed E-state index contributed by atoms with van der Waals surface area (Å²) in [6.07, 6.45) is 0.188. The van der Waals surface area contributed by atoms with Crippen LogP contribution in [0.5, 0.6) is 0 Å². The molecular weight excluding hydrogens is 280 g/mol. The van der Waals surface area contributed by atoms with Gasteiger partial charge in [0.2, 0.25) is 0 Å². The summed E-state index contributed by atoms with van der Waals surface area (Å²) < 4.78 is 5.14. The van der Waals surface area contributed by atoms with Crippen molar-refractivity contribution >= 4 is 11.9 Å². The SMILES string of the molecule is O=C(C[C@H](Cc1ccccc1)C(=O)O)OCc1ccccc1. The van der Waals surface area contributed by atoms with Crippen molar-refractivity contribution in [2.75, 3.05) is 0 Å². The molecule has 0 spiro atoms. The van der Waals surface area contributed by atoms with E-state index in [-0.39, 0.29) is 13.0 Å². The van der Waals surface area contributed by atoms with E-state index in [1.807, 2.05) is 60.7 Å². The number of esters is 1. The highest BCUT2D eigenvalue weighted by atomic mass is 16.5. The molecule has 4 heteroatoms. The molecule has 0 radical (unpaired) electrons. The number of carboxylic acids is 1. The Hall–Kier alpha value is -2.62. The van der Waals surface area contributed by atoms with Gasteiger partial charge in [-0.2, -0.15) is 0 Å². The zero-order valence-electron chi connectivity index (χ0n) is 12.1. The van der Waals surface area contributed by atoms with Crippen LogP contribution in [0.1, 0.15) is 17.5 Å². The Balaban J connectivity index is 1.88. The molecule has 2 aromatic rings. The average molecular weight is 298 g/mol. The number of hydrogen-bond acceptors (Lipinski definition) is 3. The van der Waals surface area contributed by atoms with E-state index in [0.29, 0.717) is 6.42 Å². The third-order valence-corrected chi connectivity index (χ3v) is 3.33. The molecule has 0 aliphatic rings. The van der Waals surface area contributed by atoms with Crippen LogP contribution in [0.2, 0.25) is 0 Å². The molecule has 0 aliphatic carbocycles. The fourth-order valence-electron chi connectivity index (χ4n) is 2.14. The fraction of sp³-hybridized carbons (Fsp3) is 0.222. The van der Waals surface area contributed by atoms with Crippen molar-refractivity contribution in [2.24, 2.45) is 5.92 Å². The topological polar surface area (TPSA) is 63.6 Å². The number of benzene rings is 2. The average Bonchev–Trinajstić information content (AvgIpc) is 2.54. The molecule has 0 fully saturated rings. The van der Waals surface area contributed by atoms with E-state index in [2.05, 4.69) is 0 Å². The molecule has 2 aromatic carbocycles. The van der Waals surface area contributed by atoms with Gasteiger partial charge >= 0.3 is 11.9 Å². The summed E-state index contributed by atoms with van der Waals surface area (Å²) in [5.41, 5.74) is 1.77. The second-order valence-electron chi connectivity index (χ2n) is 5.08. The van der Waals surface area contributed by atoms with Crippen molar-refractivity contribution in [1.29, 1.82) is 0 Å². The minimum absolute atomic E-state index is 0.128. The lowest BCUT2D eigenvalue weighted by molar-refractivity contribution is -0.152. The van der Waals surface area contributed by atoms with Gasteiger partial charge in [0.05, 0.1) is 12.3 Å². The first-order chi connectivity index (χ1) is 10.6. The summed E-state index contributed by atoms with van der Waals surface area (Å²) in [6, 6.07) is 18.6. The Morgan fingerprint density at radius 1 is 0.909 bits per heavy atom. The second kappa shape index (κ2) is 7.98. The first kappa shape index (κ1) is 15.8. The molecule has 0 aromatic heterocycles. The predicted molar refractivity (Wildman–Crippen MR) is 82.1 cm³/mol. The molecule has 0 saturated carbocycles. The molecule has 0 unspecified atom stereocenters. The third kappa shape index (κ3) is 5.05. The predicted octanol–water partition coefficient (Wildman–Crippen LogP) is 3.06. The van der Waals surface area contributed by atoms with Gasteiger partial charge < -0.3 is 9.84 Å². The first-order valence-electron chi connectivity index (χ1n) is 7.11. The van der Waals surface area contributed by atoms with E-state index >= 15 is 0 Å². The zero-order valence-corrected chi connectivity index (χ0v) is 12.1. The maximum absolute atomic E-state index is 11.8. The van der Waals surface area contributed by atoms with Crippen molar-refractivity contribution < 1.29 is 19.4 Å². The van der Waals surface area contributed by atoms with Crippen LogP contribution in [0, 0.1) is 5.92 Å². The maximum atomic E-state index is 11.8. The normalized spacial score (nSPS) is 11.6. The molecular formula is C18H18O4. The lowest BCUT2D eigenvalue weighted by Gasteiger charge is -2.12. The Morgan fingerprint density at radius 2 is 1.45 bits per heavy atom. The quantitative estimate of drug-likeness (QED) is 0.798. The summed E-state index contributed by atoms with van der Waals surface area (Å²) in [5, 5.41) is 9.26. The smallest absolute Gasteiger partial charge is 0.307 e. The standard InChI is InChI=1S/C18H18O4/c19-17(22-13-15-9-5-2-6-10-15)12-16(18(20)21)11-14-7-3-1-4-8-14/h1-10,16H,11-13H2,(H,20,21)/t16-/m0/s1. The number of carbonyl (C=O) groups excluding carboxylic acids is 1. The number of aliphatic carboxylic acids is 1. The molecule has 4 nitrogen and oxygen atoms in total. The van der Waals surface area contributed by atoms with Crippen LogP contribution in [-0.4, -0.2) is 17.0 Å². The Labute approximate surface area is 129 Å². The Bertz CT molecular complexity index is 607. The summed E-state index contributed by atoms with van der Waals surface area (Å²) in [5.74, 6) is -2.25. The van der Waals surface area contributed by atoms with Crippen LogP contribution in [0.3, 0.4) is 0 Å². The van der Waals surface area contributed by atoms with Crippen LogP contribution < -0.4 is 0 Å². The van der Waals surface area contributed by atoms with Crippen molar-refractivity contribution in [3.8, 4) is 0 Å². The maximum Gasteiger partial charge on any atom is 0.307 e. The van der Waals surface area contributed by atoms with Gasteiger partial charge in [0.1, 0.15) is 6.61 Å². The summed E-state index contributed by atoms with van der Waals surface area (Å²) in [4.78, 5) is 23.1. The van der Waals surface area contributed by atoms with Crippen molar-refractivity contribution in [3.05, 3.63) is 71.8 Å². The van der Waals surface area contributed by atoms with Gasteiger partial charge in [0.25, 0.3) is 0 Å². The monoisotopic (exact) mass is 298 g/mol. The van der Waals surface area contributed by atoms with Crippen LogP contribution in [0.15, 0.2) is 60.7 Å². The van der Waals surface area contributed by atoms with Gasteiger partial charge in [-0.05, 0) is 17.5 Å².